The van der Waals surface area contributed by atoms with E-state index in [4.69, 9.17) is 0 Å². The van der Waals surface area contributed by atoms with E-state index in [1.165, 1.54) is 17.3 Å². The van der Waals surface area contributed by atoms with Crippen molar-refractivity contribution in [2.45, 2.75) is 30.8 Å². The summed E-state index contributed by atoms with van der Waals surface area (Å²) in [6.45, 7) is 4.50. The van der Waals surface area contributed by atoms with Gasteiger partial charge in [0.1, 0.15) is 5.82 Å². The van der Waals surface area contributed by atoms with Gasteiger partial charge in [0, 0.05) is 11.3 Å². The Morgan fingerprint density at radius 1 is 0.935 bits per heavy atom. The molecule has 5 nitrogen and oxygen atoms in total. The minimum Gasteiger partial charge on any atom is -0.325 e. The van der Waals surface area contributed by atoms with E-state index in [9.17, 15) is 4.79 Å². The summed E-state index contributed by atoms with van der Waals surface area (Å²) in [5.41, 5.74) is 4.03. The number of nitrogens with one attached hydrogen (secondary N) is 1. The molecule has 3 aromatic carbocycles. The van der Waals surface area contributed by atoms with Crippen LogP contribution < -0.4 is 5.32 Å². The van der Waals surface area contributed by atoms with Gasteiger partial charge >= 0.3 is 0 Å². The minimum absolute atomic E-state index is 0.0692. The van der Waals surface area contributed by atoms with Crippen LogP contribution in [0.25, 0.3) is 11.1 Å². The fourth-order valence-corrected chi connectivity index (χ4v) is 4.20. The van der Waals surface area contributed by atoms with Gasteiger partial charge in [0.2, 0.25) is 5.91 Å². The second-order valence-electron chi connectivity index (χ2n) is 7.26. The third kappa shape index (κ3) is 5.03. The van der Waals surface area contributed by atoms with Crippen LogP contribution in [0.5, 0.6) is 0 Å². The first kappa shape index (κ1) is 20.9. The highest BCUT2D eigenvalue weighted by molar-refractivity contribution is 8.00. The molecule has 0 radical (unpaired) electrons. The normalized spacial score (nSPS) is 11.8. The number of benzene rings is 3. The monoisotopic (exact) mass is 428 g/mol. The van der Waals surface area contributed by atoms with Gasteiger partial charge in [-0.2, -0.15) is 0 Å². The lowest BCUT2D eigenvalue weighted by atomic mass is 10.0. The van der Waals surface area contributed by atoms with Gasteiger partial charge in [-0.1, -0.05) is 90.6 Å². The quantitative estimate of drug-likeness (QED) is 0.399. The number of amides is 1. The van der Waals surface area contributed by atoms with Crippen molar-refractivity contribution >= 4 is 23.4 Å². The topological polar surface area (TPSA) is 59.8 Å². The van der Waals surface area contributed by atoms with Gasteiger partial charge < -0.3 is 9.88 Å². The number of hydrogen-bond acceptors (Lipinski definition) is 4. The van der Waals surface area contributed by atoms with Crippen molar-refractivity contribution in [1.29, 1.82) is 0 Å². The lowest BCUT2D eigenvalue weighted by Crippen LogP contribution is -2.23. The van der Waals surface area contributed by atoms with Crippen molar-refractivity contribution in [2.75, 3.05) is 5.32 Å². The molecule has 0 fully saturated rings. The average molecular weight is 429 g/mol. The maximum absolute atomic E-state index is 13.0. The third-order valence-corrected chi connectivity index (χ3v) is 6.09. The second kappa shape index (κ2) is 9.62. The fraction of sp³-hybridized carbons (Fsp3) is 0.160. The third-order valence-electron chi connectivity index (χ3n) is 5.01. The van der Waals surface area contributed by atoms with E-state index in [0.29, 0.717) is 6.54 Å². The van der Waals surface area contributed by atoms with Crippen molar-refractivity contribution in [3.05, 3.63) is 96.3 Å². The number of anilines is 1. The molecule has 4 aromatic rings. The highest BCUT2D eigenvalue weighted by atomic mass is 32.2. The van der Waals surface area contributed by atoms with Crippen LogP contribution in [0.3, 0.4) is 0 Å². The van der Waals surface area contributed by atoms with Crippen LogP contribution >= 0.6 is 11.8 Å². The first-order valence-corrected chi connectivity index (χ1v) is 11.1. The van der Waals surface area contributed by atoms with Crippen LogP contribution in [0.4, 0.5) is 5.69 Å². The number of aryl methyl sites for hydroxylation is 1. The molecule has 31 heavy (non-hydrogen) atoms. The van der Waals surface area contributed by atoms with Gasteiger partial charge in [0.15, 0.2) is 5.16 Å². The summed E-state index contributed by atoms with van der Waals surface area (Å²) in [4.78, 5) is 13.0. The molecule has 0 spiro atoms. The molecule has 1 atom stereocenters. The van der Waals surface area contributed by atoms with Crippen LogP contribution in [0.1, 0.15) is 18.3 Å². The summed E-state index contributed by atoms with van der Waals surface area (Å²) in [5.74, 6) is 0.758. The molecule has 0 aliphatic carbocycles. The molecule has 0 saturated heterocycles. The van der Waals surface area contributed by atoms with Gasteiger partial charge in [-0.3, -0.25) is 4.79 Å². The Balaban J connectivity index is 1.49. The SMILES string of the molecule is Cc1nnc(S[C@H](C)C(=O)Nc2ccccc2-c2ccccc2)n1Cc1ccccc1. The summed E-state index contributed by atoms with van der Waals surface area (Å²) < 4.78 is 2.04. The van der Waals surface area contributed by atoms with Crippen LogP contribution in [-0.2, 0) is 11.3 Å². The van der Waals surface area contributed by atoms with E-state index in [0.717, 1.165) is 27.8 Å². The zero-order valence-electron chi connectivity index (χ0n) is 17.5. The molecule has 0 saturated carbocycles. The Hall–Kier alpha value is -3.38. The Bertz CT molecular complexity index is 1160. The van der Waals surface area contributed by atoms with E-state index in [1.807, 2.05) is 91.2 Å². The summed E-state index contributed by atoms with van der Waals surface area (Å²) in [6.07, 6.45) is 0. The molecular weight excluding hydrogens is 404 g/mol. The highest BCUT2D eigenvalue weighted by Crippen LogP contribution is 2.29. The molecule has 1 heterocycles. The van der Waals surface area contributed by atoms with Crippen LogP contribution in [0.2, 0.25) is 0 Å². The summed E-state index contributed by atoms with van der Waals surface area (Å²) in [7, 11) is 0. The zero-order valence-corrected chi connectivity index (χ0v) is 18.3. The van der Waals surface area contributed by atoms with Gasteiger partial charge in [-0.05, 0) is 31.0 Å². The minimum atomic E-state index is -0.332. The van der Waals surface area contributed by atoms with Crippen molar-refractivity contribution in [1.82, 2.24) is 14.8 Å². The van der Waals surface area contributed by atoms with Gasteiger partial charge in [-0.25, -0.2) is 0 Å². The molecule has 1 aromatic heterocycles. The molecular formula is C25H24N4OS. The number of nitrogens with zero attached hydrogens (tertiary/aromatic N) is 3. The maximum atomic E-state index is 13.0. The van der Waals surface area contributed by atoms with E-state index in [2.05, 4.69) is 27.6 Å². The van der Waals surface area contributed by atoms with Gasteiger partial charge in [0.25, 0.3) is 0 Å². The predicted octanol–water partition coefficient (Wildman–Crippen LogP) is 5.42. The number of hydrogen-bond donors (Lipinski definition) is 1. The maximum Gasteiger partial charge on any atom is 0.237 e. The lowest BCUT2D eigenvalue weighted by molar-refractivity contribution is -0.115. The number of aromatic nitrogens is 3. The molecule has 4 rings (SSSR count). The fourth-order valence-electron chi connectivity index (χ4n) is 3.30. The molecule has 0 aliphatic heterocycles. The molecule has 1 amide bonds. The van der Waals surface area contributed by atoms with Crippen LogP contribution in [0.15, 0.2) is 90.1 Å². The predicted molar refractivity (Wildman–Crippen MR) is 126 cm³/mol. The standard InChI is InChI=1S/C25H24N4OS/c1-18(31-25-28-27-19(2)29(25)17-20-11-5-3-6-12-20)24(30)26-23-16-10-9-15-22(23)21-13-7-4-8-14-21/h3-16,18H,17H2,1-2H3,(H,26,30)/t18-/m1/s1. The van der Waals surface area contributed by atoms with Crippen molar-refractivity contribution in [2.24, 2.45) is 0 Å². The number of carbonyl (C=O) groups is 1. The second-order valence-corrected chi connectivity index (χ2v) is 8.57. The largest absolute Gasteiger partial charge is 0.325 e. The Labute approximate surface area is 186 Å². The molecule has 1 N–H and O–H groups in total. The van der Waals surface area contributed by atoms with Gasteiger partial charge in [-0.15, -0.1) is 10.2 Å². The van der Waals surface area contributed by atoms with E-state index in [1.54, 1.807) is 0 Å². The van der Waals surface area contributed by atoms with Crippen LogP contribution in [-0.4, -0.2) is 25.9 Å². The smallest absolute Gasteiger partial charge is 0.237 e. The molecule has 0 unspecified atom stereocenters. The Morgan fingerprint density at radius 2 is 1.58 bits per heavy atom. The van der Waals surface area contributed by atoms with Crippen molar-refractivity contribution in [3.8, 4) is 11.1 Å². The van der Waals surface area contributed by atoms with E-state index < -0.39 is 0 Å². The number of thioether (sulfide) groups is 1. The molecule has 0 aliphatic rings. The first-order chi connectivity index (χ1) is 15.1. The van der Waals surface area contributed by atoms with Crippen LogP contribution in [0, 0.1) is 6.92 Å². The number of rotatable bonds is 7. The van der Waals surface area contributed by atoms with E-state index in [-0.39, 0.29) is 11.2 Å². The number of para-hydroxylation sites is 1. The van der Waals surface area contributed by atoms with Gasteiger partial charge in [0.05, 0.1) is 11.8 Å². The van der Waals surface area contributed by atoms with Crippen molar-refractivity contribution < 1.29 is 4.79 Å². The summed E-state index contributed by atoms with van der Waals surface area (Å²) in [5, 5.41) is 12.0. The first-order valence-electron chi connectivity index (χ1n) is 10.2. The number of carbonyl (C=O) groups excluding carboxylic acids is 1. The van der Waals surface area contributed by atoms with E-state index >= 15 is 0 Å². The van der Waals surface area contributed by atoms with Crippen molar-refractivity contribution in [3.63, 3.8) is 0 Å². The highest BCUT2D eigenvalue weighted by Gasteiger charge is 2.20. The molecule has 0 bridgehead atoms. The Kier molecular flexibility index (Phi) is 6.48. The molecule has 156 valence electrons. The summed E-state index contributed by atoms with van der Waals surface area (Å²) in [6, 6.07) is 28.1. The average Bonchev–Trinajstić information content (AvgIpc) is 3.14. The lowest BCUT2D eigenvalue weighted by Gasteiger charge is -2.15. The zero-order chi connectivity index (χ0) is 21.6. The Morgan fingerprint density at radius 3 is 2.32 bits per heavy atom. The summed E-state index contributed by atoms with van der Waals surface area (Å²) >= 11 is 1.42. The molecule has 6 heteroatoms.